The number of hydrogen-bond acceptors (Lipinski definition) is 3. The summed E-state index contributed by atoms with van der Waals surface area (Å²) < 4.78 is 15.4. The molecule has 180 valence electrons. The van der Waals surface area contributed by atoms with Gasteiger partial charge in [-0.3, -0.25) is 0 Å². The topological polar surface area (TPSA) is 86.8 Å². The van der Waals surface area contributed by atoms with Crippen molar-refractivity contribution in [2.75, 3.05) is 13.2 Å². The second kappa shape index (κ2) is 8.54. The van der Waals surface area contributed by atoms with Crippen LogP contribution in [-0.2, 0) is 12.8 Å². The SMILES string of the molecule is C=C1CC[C@H]2[C@H](CN=[N+]=[N-])[C@@H]([C@@]3(C)Cc4cnn(-c5ccc(F)cc5)c4C[C@@H]3CO)CC[C@]12C. The van der Waals surface area contributed by atoms with Crippen LogP contribution in [0.3, 0.4) is 0 Å². The van der Waals surface area contributed by atoms with Gasteiger partial charge in [-0.25, -0.2) is 9.07 Å². The first-order chi connectivity index (χ1) is 16.3. The lowest BCUT2D eigenvalue weighted by Crippen LogP contribution is -2.52. The number of allylic oxidation sites excluding steroid dienone is 1. The smallest absolute Gasteiger partial charge is 0.123 e. The summed E-state index contributed by atoms with van der Waals surface area (Å²) in [5.41, 5.74) is 13.6. The molecule has 3 aliphatic rings. The number of fused-ring (bicyclic) bond motifs is 2. The third kappa shape index (κ3) is 3.48. The molecule has 0 spiro atoms. The minimum Gasteiger partial charge on any atom is -0.396 e. The van der Waals surface area contributed by atoms with Crippen molar-refractivity contribution in [2.45, 2.75) is 52.4 Å². The molecule has 34 heavy (non-hydrogen) atoms. The molecular formula is C27H34FN5O. The van der Waals surface area contributed by atoms with Gasteiger partial charge < -0.3 is 5.11 Å². The number of azide groups is 1. The Morgan fingerprint density at radius 3 is 2.74 bits per heavy atom. The second-order valence-electron chi connectivity index (χ2n) is 11.2. The molecule has 0 aliphatic heterocycles. The van der Waals surface area contributed by atoms with E-state index in [0.717, 1.165) is 49.9 Å². The molecule has 0 amide bonds. The van der Waals surface area contributed by atoms with E-state index >= 15 is 0 Å². The fraction of sp³-hybridized carbons (Fsp3) is 0.593. The summed E-state index contributed by atoms with van der Waals surface area (Å²) in [5.74, 6) is 0.894. The van der Waals surface area contributed by atoms with Crippen molar-refractivity contribution >= 4 is 0 Å². The maximum atomic E-state index is 13.5. The van der Waals surface area contributed by atoms with Crippen molar-refractivity contribution in [3.05, 3.63) is 70.1 Å². The van der Waals surface area contributed by atoms with Crippen LogP contribution in [0.1, 0.15) is 50.8 Å². The Labute approximate surface area is 200 Å². The number of halogens is 1. The fourth-order valence-corrected chi connectivity index (χ4v) is 7.70. The molecule has 0 bridgehead atoms. The van der Waals surface area contributed by atoms with Gasteiger partial charge in [-0.1, -0.05) is 31.1 Å². The molecule has 1 aromatic carbocycles. The van der Waals surface area contributed by atoms with E-state index in [-0.39, 0.29) is 35.1 Å². The van der Waals surface area contributed by atoms with Crippen molar-refractivity contribution in [2.24, 2.45) is 39.6 Å². The molecule has 0 saturated heterocycles. The lowest BCUT2D eigenvalue weighted by molar-refractivity contribution is -0.0537. The molecule has 1 N–H and O–H groups in total. The Kier molecular flexibility index (Phi) is 5.81. The summed E-state index contributed by atoms with van der Waals surface area (Å²) in [4.78, 5) is 3.12. The average molecular weight is 464 g/mol. The van der Waals surface area contributed by atoms with Crippen molar-refractivity contribution < 1.29 is 9.50 Å². The fourth-order valence-electron chi connectivity index (χ4n) is 7.70. The molecule has 2 fully saturated rings. The Balaban J connectivity index is 1.51. The van der Waals surface area contributed by atoms with Gasteiger partial charge in [0.05, 0.1) is 11.9 Å². The number of benzene rings is 1. The van der Waals surface area contributed by atoms with Crippen molar-refractivity contribution in [1.29, 1.82) is 0 Å². The highest BCUT2D eigenvalue weighted by molar-refractivity contribution is 5.37. The molecule has 0 radical (unpaired) electrons. The number of nitrogens with zero attached hydrogens (tertiary/aromatic N) is 5. The molecular weight excluding hydrogens is 429 g/mol. The normalized spacial score (nSPS) is 34.9. The number of aliphatic hydroxyl groups is 1. The Hall–Kier alpha value is -2.63. The highest BCUT2D eigenvalue weighted by Crippen LogP contribution is 2.63. The zero-order valence-electron chi connectivity index (χ0n) is 20.1. The van der Waals surface area contributed by atoms with Crippen LogP contribution in [0.15, 0.2) is 47.7 Å². The van der Waals surface area contributed by atoms with E-state index in [2.05, 4.69) is 35.6 Å². The van der Waals surface area contributed by atoms with Gasteiger partial charge >= 0.3 is 0 Å². The minimum absolute atomic E-state index is 0.0726. The highest BCUT2D eigenvalue weighted by Gasteiger charge is 2.56. The predicted molar refractivity (Wildman–Crippen MR) is 130 cm³/mol. The van der Waals surface area contributed by atoms with Gasteiger partial charge in [0.2, 0.25) is 0 Å². The Bertz CT molecular complexity index is 1140. The average Bonchev–Trinajstić information content (AvgIpc) is 3.37. The summed E-state index contributed by atoms with van der Waals surface area (Å²) >= 11 is 0. The third-order valence-electron chi connectivity index (χ3n) is 9.78. The first-order valence-electron chi connectivity index (χ1n) is 12.4. The second-order valence-corrected chi connectivity index (χ2v) is 11.2. The minimum atomic E-state index is -0.268. The first kappa shape index (κ1) is 23.1. The van der Waals surface area contributed by atoms with E-state index < -0.39 is 0 Å². The third-order valence-corrected chi connectivity index (χ3v) is 9.78. The van der Waals surface area contributed by atoms with E-state index in [1.165, 1.54) is 23.3 Å². The molecule has 6 atom stereocenters. The van der Waals surface area contributed by atoms with Gasteiger partial charge in [0.1, 0.15) is 5.82 Å². The number of rotatable bonds is 5. The van der Waals surface area contributed by atoms with Crippen LogP contribution < -0.4 is 0 Å². The van der Waals surface area contributed by atoms with Gasteiger partial charge in [0.15, 0.2) is 0 Å². The van der Waals surface area contributed by atoms with Crippen LogP contribution in [-0.4, -0.2) is 28.0 Å². The van der Waals surface area contributed by atoms with Gasteiger partial charge in [-0.05, 0) is 108 Å². The van der Waals surface area contributed by atoms with E-state index in [9.17, 15) is 9.50 Å². The van der Waals surface area contributed by atoms with Crippen LogP contribution in [0.4, 0.5) is 4.39 Å². The summed E-state index contributed by atoms with van der Waals surface area (Å²) in [6, 6.07) is 6.40. The molecule has 1 heterocycles. The van der Waals surface area contributed by atoms with Gasteiger partial charge in [-0.2, -0.15) is 5.10 Å². The quantitative estimate of drug-likeness (QED) is 0.254. The molecule has 2 saturated carbocycles. The van der Waals surface area contributed by atoms with E-state index in [0.29, 0.717) is 18.4 Å². The summed E-state index contributed by atoms with van der Waals surface area (Å²) in [6.45, 7) is 9.68. The number of aromatic nitrogens is 2. The van der Waals surface area contributed by atoms with Crippen LogP contribution in [0.25, 0.3) is 16.1 Å². The summed E-state index contributed by atoms with van der Waals surface area (Å²) in [5, 5.41) is 19.3. The van der Waals surface area contributed by atoms with Gasteiger partial charge in [0, 0.05) is 23.8 Å². The summed E-state index contributed by atoms with van der Waals surface area (Å²) in [6.07, 6.45) is 7.79. The highest BCUT2D eigenvalue weighted by atomic mass is 19.1. The molecule has 3 aliphatic carbocycles. The number of aliphatic hydroxyl groups excluding tert-OH is 1. The lowest BCUT2D eigenvalue weighted by Gasteiger charge is -2.55. The first-order valence-corrected chi connectivity index (χ1v) is 12.4. The molecule has 6 nitrogen and oxygen atoms in total. The van der Waals surface area contributed by atoms with Crippen LogP contribution in [0.5, 0.6) is 0 Å². The maximum Gasteiger partial charge on any atom is 0.123 e. The van der Waals surface area contributed by atoms with Crippen molar-refractivity contribution in [3.8, 4) is 5.69 Å². The van der Waals surface area contributed by atoms with Crippen LogP contribution in [0, 0.1) is 40.3 Å². The van der Waals surface area contributed by atoms with E-state index in [4.69, 9.17) is 5.53 Å². The Morgan fingerprint density at radius 1 is 1.26 bits per heavy atom. The molecule has 5 rings (SSSR count). The lowest BCUT2D eigenvalue weighted by atomic mass is 9.49. The van der Waals surface area contributed by atoms with Gasteiger partial charge in [0.25, 0.3) is 0 Å². The molecule has 1 aromatic heterocycles. The van der Waals surface area contributed by atoms with Crippen LogP contribution in [0.2, 0.25) is 0 Å². The molecule has 2 aromatic rings. The predicted octanol–water partition coefficient (Wildman–Crippen LogP) is 6.03. The zero-order chi connectivity index (χ0) is 24.1. The Morgan fingerprint density at radius 2 is 2.03 bits per heavy atom. The van der Waals surface area contributed by atoms with Crippen LogP contribution >= 0.6 is 0 Å². The molecule has 0 unspecified atom stereocenters. The van der Waals surface area contributed by atoms with Crippen molar-refractivity contribution in [1.82, 2.24) is 9.78 Å². The molecule has 7 heteroatoms. The number of hydrogen-bond donors (Lipinski definition) is 1. The largest absolute Gasteiger partial charge is 0.396 e. The van der Waals surface area contributed by atoms with E-state index in [1.54, 1.807) is 12.1 Å². The van der Waals surface area contributed by atoms with E-state index in [1.807, 2.05) is 10.9 Å². The maximum absolute atomic E-state index is 13.5. The van der Waals surface area contributed by atoms with Crippen molar-refractivity contribution in [3.63, 3.8) is 0 Å². The monoisotopic (exact) mass is 463 g/mol. The zero-order valence-corrected chi connectivity index (χ0v) is 20.1. The van der Waals surface area contributed by atoms with Gasteiger partial charge in [-0.15, -0.1) is 0 Å². The standard InChI is InChI=1S/C27H34FN5O/c1-17-4-9-23-22(15-30-32-29)24(10-11-26(17,23)2)27(3)13-18-14-31-33(25(18)12-19(27)16-34)21-7-5-20(28)6-8-21/h5-8,14,19,22-24,34H,1,4,9-13,15-16H2,2-3H3/t19-,22+,23+,24+,26-,27+/m1/s1. The summed E-state index contributed by atoms with van der Waals surface area (Å²) in [7, 11) is 0.